The number of benzene rings is 4. The van der Waals surface area contributed by atoms with Crippen molar-refractivity contribution in [2.45, 2.75) is 12.4 Å². The van der Waals surface area contributed by atoms with Gasteiger partial charge in [-0.15, -0.1) is 5.06 Å². The predicted molar refractivity (Wildman–Crippen MR) is 123 cm³/mol. The van der Waals surface area contributed by atoms with E-state index in [0.717, 1.165) is 0 Å². The van der Waals surface area contributed by atoms with Crippen LogP contribution in [0.1, 0.15) is 37.4 Å². The first-order valence-electron chi connectivity index (χ1n) is 11.0. The van der Waals surface area contributed by atoms with Crippen LogP contribution in [0.15, 0.2) is 97.1 Å². The molecule has 0 aromatic heterocycles. The minimum atomic E-state index is -1.37. The van der Waals surface area contributed by atoms with E-state index in [1.165, 1.54) is 6.07 Å². The Bertz CT molecular complexity index is 1380. The van der Waals surface area contributed by atoms with Crippen LogP contribution >= 0.6 is 0 Å². The molecule has 2 aliphatic heterocycles. The Morgan fingerprint density at radius 3 is 1.83 bits per heavy atom. The fraction of sp³-hybridized carbons (Fsp3) is 0.0714. The minimum absolute atomic E-state index is 0.0684. The molecule has 0 bridgehead atoms. The van der Waals surface area contributed by atoms with Crippen molar-refractivity contribution < 1.29 is 28.3 Å². The van der Waals surface area contributed by atoms with Crippen LogP contribution in [0.2, 0.25) is 0 Å². The Kier molecular flexibility index (Phi) is 4.86. The molecular formula is C28H18FNO5. The second-order valence-corrected chi connectivity index (χ2v) is 8.14. The van der Waals surface area contributed by atoms with Crippen molar-refractivity contribution in [2.75, 3.05) is 0 Å². The van der Waals surface area contributed by atoms with Crippen LogP contribution < -0.4 is 9.47 Å². The molecule has 0 fully saturated rings. The Hall–Kier alpha value is -4.49. The number of halogens is 1. The molecule has 0 aliphatic carbocycles. The molecule has 6 rings (SSSR count). The number of amides is 2. The highest BCUT2D eigenvalue weighted by atomic mass is 19.1. The maximum Gasteiger partial charge on any atom is 0.305 e. The summed E-state index contributed by atoms with van der Waals surface area (Å²) < 4.78 is 28.0. The lowest BCUT2D eigenvalue weighted by atomic mass is 9.97. The van der Waals surface area contributed by atoms with E-state index >= 15 is 4.39 Å². The van der Waals surface area contributed by atoms with Gasteiger partial charge in [0.05, 0.1) is 11.1 Å². The van der Waals surface area contributed by atoms with Gasteiger partial charge in [0.25, 0.3) is 11.8 Å². The van der Waals surface area contributed by atoms with E-state index in [1.54, 1.807) is 30.3 Å². The molecule has 0 radical (unpaired) electrons. The third-order valence-corrected chi connectivity index (χ3v) is 6.05. The fourth-order valence-corrected chi connectivity index (χ4v) is 4.32. The first-order valence-corrected chi connectivity index (χ1v) is 11.0. The van der Waals surface area contributed by atoms with Gasteiger partial charge in [0.2, 0.25) is 5.75 Å². The molecule has 0 spiro atoms. The van der Waals surface area contributed by atoms with Crippen LogP contribution in [-0.4, -0.2) is 16.9 Å². The zero-order valence-corrected chi connectivity index (χ0v) is 18.3. The van der Waals surface area contributed by atoms with E-state index in [0.29, 0.717) is 16.2 Å². The molecule has 0 atom stereocenters. The van der Waals surface area contributed by atoms with E-state index in [2.05, 4.69) is 0 Å². The lowest BCUT2D eigenvalue weighted by molar-refractivity contribution is -0.101. The van der Waals surface area contributed by atoms with Gasteiger partial charge in [0.15, 0.2) is 11.6 Å². The largest absolute Gasteiger partial charge is 0.440 e. The monoisotopic (exact) mass is 467 g/mol. The van der Waals surface area contributed by atoms with Gasteiger partial charge in [-0.2, -0.15) is 0 Å². The normalized spacial score (nSPS) is 15.4. The van der Waals surface area contributed by atoms with Crippen LogP contribution in [0.4, 0.5) is 4.39 Å². The number of carbonyl (C=O) groups is 2. The molecule has 172 valence electrons. The average Bonchev–Trinajstić information content (AvgIpc) is 3.42. The quantitative estimate of drug-likeness (QED) is 0.376. The maximum atomic E-state index is 15.6. The van der Waals surface area contributed by atoms with Crippen LogP contribution in [0.25, 0.3) is 0 Å². The summed E-state index contributed by atoms with van der Waals surface area (Å²) in [6.45, 7) is -0.350. The van der Waals surface area contributed by atoms with Crippen molar-refractivity contribution in [2.24, 2.45) is 0 Å². The zero-order chi connectivity index (χ0) is 24.0. The number of rotatable bonds is 5. The van der Waals surface area contributed by atoms with Gasteiger partial charge in [0, 0.05) is 16.7 Å². The number of imide groups is 1. The van der Waals surface area contributed by atoms with E-state index in [-0.39, 0.29) is 34.8 Å². The Morgan fingerprint density at radius 1 is 0.714 bits per heavy atom. The van der Waals surface area contributed by atoms with Crippen LogP contribution in [-0.2, 0) is 17.2 Å². The molecule has 4 aromatic carbocycles. The average molecular weight is 467 g/mol. The molecule has 2 aliphatic rings. The van der Waals surface area contributed by atoms with E-state index in [4.69, 9.17) is 14.3 Å². The van der Waals surface area contributed by atoms with Crippen molar-refractivity contribution in [3.8, 4) is 11.5 Å². The van der Waals surface area contributed by atoms with E-state index < -0.39 is 23.4 Å². The minimum Gasteiger partial charge on any atom is -0.440 e. The highest BCUT2D eigenvalue weighted by Crippen LogP contribution is 2.49. The summed E-state index contributed by atoms with van der Waals surface area (Å²) >= 11 is 0. The second kappa shape index (κ2) is 8.07. The molecule has 0 saturated carbocycles. The van der Waals surface area contributed by atoms with E-state index in [1.807, 2.05) is 60.7 Å². The fourth-order valence-electron chi connectivity index (χ4n) is 4.32. The Balaban J connectivity index is 1.30. The number of hydrogen-bond donors (Lipinski definition) is 0. The predicted octanol–water partition coefficient (Wildman–Crippen LogP) is 5.23. The van der Waals surface area contributed by atoms with Gasteiger partial charge >= 0.3 is 5.79 Å². The standard InChI is InChI=1S/C28H18FNO5/c29-24-18(17-33-30-26(31)21-13-7-8-14-22(21)27(30)32)15-16-23-25(24)35-28(34-23,19-9-3-1-4-10-19)20-11-5-2-6-12-20/h1-16H,17H2. The van der Waals surface area contributed by atoms with Gasteiger partial charge in [-0.1, -0.05) is 72.8 Å². The zero-order valence-electron chi connectivity index (χ0n) is 18.3. The number of nitrogens with zero attached hydrogens (tertiary/aromatic N) is 1. The molecule has 2 amide bonds. The molecular weight excluding hydrogens is 449 g/mol. The molecule has 0 N–H and O–H groups in total. The van der Waals surface area contributed by atoms with Crippen molar-refractivity contribution in [1.29, 1.82) is 0 Å². The smallest absolute Gasteiger partial charge is 0.305 e. The topological polar surface area (TPSA) is 65.1 Å². The lowest BCUT2D eigenvalue weighted by Gasteiger charge is -2.28. The lowest BCUT2D eigenvalue weighted by Crippen LogP contribution is -2.36. The van der Waals surface area contributed by atoms with E-state index in [9.17, 15) is 9.59 Å². The molecule has 4 aromatic rings. The number of fused-ring (bicyclic) bond motifs is 2. The molecule has 2 heterocycles. The highest BCUT2D eigenvalue weighted by molar-refractivity contribution is 6.20. The number of carbonyl (C=O) groups excluding carboxylic acids is 2. The second-order valence-electron chi connectivity index (χ2n) is 8.14. The van der Waals surface area contributed by atoms with Gasteiger partial charge in [0.1, 0.15) is 6.61 Å². The van der Waals surface area contributed by atoms with Crippen molar-refractivity contribution in [3.63, 3.8) is 0 Å². The summed E-state index contributed by atoms with van der Waals surface area (Å²) in [5.41, 5.74) is 2.01. The van der Waals surface area contributed by atoms with Crippen molar-refractivity contribution in [3.05, 3.63) is 131 Å². The van der Waals surface area contributed by atoms with Gasteiger partial charge in [-0.25, -0.2) is 4.39 Å². The molecule has 35 heavy (non-hydrogen) atoms. The molecule has 0 unspecified atom stereocenters. The summed E-state index contributed by atoms with van der Waals surface area (Å²) in [7, 11) is 0. The number of ether oxygens (including phenoxy) is 2. The summed E-state index contributed by atoms with van der Waals surface area (Å²) in [5.74, 6) is -3.06. The molecule has 0 saturated heterocycles. The first kappa shape index (κ1) is 21.1. The molecule has 7 heteroatoms. The summed E-state index contributed by atoms with van der Waals surface area (Å²) in [4.78, 5) is 30.5. The summed E-state index contributed by atoms with van der Waals surface area (Å²) in [6, 6.07) is 28.1. The Labute approximate surface area is 200 Å². The van der Waals surface area contributed by atoms with Gasteiger partial charge in [-0.3, -0.25) is 14.4 Å². The van der Waals surface area contributed by atoms with Crippen molar-refractivity contribution >= 4 is 11.8 Å². The maximum absolute atomic E-state index is 15.6. The number of hydroxylamine groups is 2. The van der Waals surface area contributed by atoms with Gasteiger partial charge in [-0.05, 0) is 24.3 Å². The number of hydrogen-bond acceptors (Lipinski definition) is 5. The highest BCUT2D eigenvalue weighted by Gasteiger charge is 2.47. The third-order valence-electron chi connectivity index (χ3n) is 6.05. The summed E-state index contributed by atoms with van der Waals surface area (Å²) in [5, 5.41) is 0.660. The first-order chi connectivity index (χ1) is 17.1. The van der Waals surface area contributed by atoms with Crippen LogP contribution in [0, 0.1) is 5.82 Å². The third kappa shape index (κ3) is 3.28. The SMILES string of the molecule is O=C1c2ccccc2C(=O)N1OCc1ccc2c(c1F)OC(c1ccccc1)(c1ccccc1)O2. The molecule has 6 nitrogen and oxygen atoms in total. The summed E-state index contributed by atoms with van der Waals surface area (Å²) in [6.07, 6.45) is 0. The Morgan fingerprint density at radius 2 is 1.26 bits per heavy atom. The van der Waals surface area contributed by atoms with Crippen LogP contribution in [0.5, 0.6) is 11.5 Å². The van der Waals surface area contributed by atoms with Crippen molar-refractivity contribution in [1.82, 2.24) is 5.06 Å². The van der Waals surface area contributed by atoms with Crippen LogP contribution in [0.3, 0.4) is 0 Å². The van der Waals surface area contributed by atoms with Gasteiger partial charge < -0.3 is 9.47 Å².